The van der Waals surface area contributed by atoms with E-state index in [0.29, 0.717) is 37.9 Å². The summed E-state index contributed by atoms with van der Waals surface area (Å²) in [5.74, 6) is -2.52. The quantitative estimate of drug-likeness (QED) is 0.183. The Hall–Kier alpha value is -2.75. The summed E-state index contributed by atoms with van der Waals surface area (Å²) >= 11 is 3.68. The summed E-state index contributed by atoms with van der Waals surface area (Å²) in [5.41, 5.74) is -0.437. The molecule has 3 unspecified atom stereocenters. The molecule has 3 fully saturated rings. The summed E-state index contributed by atoms with van der Waals surface area (Å²) in [6.45, 7) is 6.48. The molecule has 1 spiro atoms. The van der Waals surface area contributed by atoms with Crippen molar-refractivity contribution < 1.29 is 29.0 Å². The number of likely N-dealkylation sites (tertiary alicyclic amines) is 1. The van der Waals surface area contributed by atoms with Gasteiger partial charge in [-0.15, -0.1) is 6.58 Å². The fourth-order valence-electron chi connectivity index (χ4n) is 6.67. The first-order chi connectivity index (χ1) is 18.9. The van der Waals surface area contributed by atoms with Crippen LogP contribution in [0.1, 0.15) is 32.6 Å². The van der Waals surface area contributed by atoms with Gasteiger partial charge in [0, 0.05) is 30.2 Å². The molecule has 6 atom stereocenters. The van der Waals surface area contributed by atoms with Gasteiger partial charge < -0.3 is 24.4 Å². The number of esters is 1. The van der Waals surface area contributed by atoms with Crippen LogP contribution in [0.4, 0.5) is 5.69 Å². The monoisotopic (exact) mass is 598 g/mol. The van der Waals surface area contributed by atoms with E-state index >= 15 is 0 Å². The fourth-order valence-corrected chi connectivity index (χ4v) is 7.61. The van der Waals surface area contributed by atoms with Crippen LogP contribution < -0.4 is 4.90 Å². The second-order valence-electron chi connectivity index (χ2n) is 10.5. The number of halogens is 1. The van der Waals surface area contributed by atoms with Crippen molar-refractivity contribution in [2.45, 2.75) is 55.2 Å². The number of carbonyl (C=O) groups is 3. The molecule has 5 rings (SSSR count). The molecule has 2 bridgehead atoms. The van der Waals surface area contributed by atoms with Gasteiger partial charge in [0.2, 0.25) is 5.91 Å². The average molecular weight is 600 g/mol. The summed E-state index contributed by atoms with van der Waals surface area (Å²) in [6.07, 6.45) is 3.52. The van der Waals surface area contributed by atoms with Crippen LogP contribution in [0.3, 0.4) is 0 Å². The minimum atomic E-state index is -1.14. The molecule has 208 valence electrons. The van der Waals surface area contributed by atoms with E-state index in [-0.39, 0.29) is 36.4 Å². The van der Waals surface area contributed by atoms with Gasteiger partial charge in [-0.25, -0.2) is 0 Å². The number of rotatable bonds is 11. The third-order valence-corrected chi connectivity index (χ3v) is 9.11. The highest BCUT2D eigenvalue weighted by molar-refractivity contribution is 9.09. The van der Waals surface area contributed by atoms with Gasteiger partial charge in [0.1, 0.15) is 11.6 Å². The van der Waals surface area contributed by atoms with Gasteiger partial charge in [-0.1, -0.05) is 52.3 Å². The molecule has 3 saturated heterocycles. The number of unbranched alkanes of at least 4 members (excludes halogenated alkanes) is 2. The van der Waals surface area contributed by atoms with Crippen LogP contribution in [0.15, 0.2) is 55.1 Å². The highest BCUT2D eigenvalue weighted by atomic mass is 79.9. The molecule has 39 heavy (non-hydrogen) atoms. The van der Waals surface area contributed by atoms with Crippen molar-refractivity contribution in [3.8, 4) is 0 Å². The van der Waals surface area contributed by atoms with E-state index in [1.807, 2.05) is 42.5 Å². The first-order valence-electron chi connectivity index (χ1n) is 13.7. The van der Waals surface area contributed by atoms with Gasteiger partial charge >= 0.3 is 5.97 Å². The van der Waals surface area contributed by atoms with Gasteiger partial charge in [-0.05, 0) is 55.5 Å². The molecule has 2 aromatic rings. The summed E-state index contributed by atoms with van der Waals surface area (Å²) in [4.78, 5) is 44.8. The van der Waals surface area contributed by atoms with E-state index in [4.69, 9.17) is 9.47 Å². The molecular weight excluding hydrogens is 564 g/mol. The lowest BCUT2D eigenvalue weighted by Gasteiger charge is -2.37. The van der Waals surface area contributed by atoms with Gasteiger partial charge in [-0.3, -0.25) is 14.4 Å². The molecule has 3 heterocycles. The van der Waals surface area contributed by atoms with Crippen LogP contribution in [0, 0.1) is 11.8 Å². The standard InChI is InChI=1S/C30H35BrN2O6/c1-3-14-32(21-13-12-19-10-6-7-11-20(19)17-21)28(36)26-30-18-22(31)25(39-30)23(29(37)38-4-2)24(30)27(35)33(26)15-8-5-9-16-34/h3,6-7,10-13,17,22-26,34H,1,4-5,8-9,14-16,18H2,2H3/t22?,23-,24-,25-,26?,30?/m0/s1. The molecule has 0 radical (unpaired) electrons. The number of carbonyl (C=O) groups excluding carboxylic acids is 3. The lowest BCUT2D eigenvalue weighted by Crippen LogP contribution is -2.57. The highest BCUT2D eigenvalue weighted by Gasteiger charge is 2.77. The third-order valence-electron chi connectivity index (χ3n) is 8.26. The van der Waals surface area contributed by atoms with Gasteiger partial charge in [0.15, 0.2) is 0 Å². The lowest BCUT2D eigenvalue weighted by atomic mass is 9.70. The van der Waals surface area contributed by atoms with Crippen LogP contribution >= 0.6 is 15.9 Å². The van der Waals surface area contributed by atoms with Gasteiger partial charge in [-0.2, -0.15) is 0 Å². The van der Waals surface area contributed by atoms with Gasteiger partial charge in [0.25, 0.3) is 5.91 Å². The number of ether oxygens (including phenoxy) is 2. The highest BCUT2D eigenvalue weighted by Crippen LogP contribution is 2.60. The SMILES string of the molecule is C=CCN(C(=O)C1N(CCCCCO)C(=O)[C@@H]2[C@H](C(=O)OCC)[C@H]3OC12CC3Br)c1ccc2ccccc2c1. The van der Waals surface area contributed by atoms with Gasteiger partial charge in [0.05, 0.1) is 24.5 Å². The van der Waals surface area contributed by atoms with Crippen molar-refractivity contribution in [2.24, 2.45) is 11.8 Å². The van der Waals surface area contributed by atoms with E-state index in [1.165, 1.54) is 0 Å². The fraction of sp³-hybridized carbons (Fsp3) is 0.500. The predicted octanol–water partition coefficient (Wildman–Crippen LogP) is 3.83. The second kappa shape index (κ2) is 11.4. The third kappa shape index (κ3) is 4.68. The van der Waals surface area contributed by atoms with Crippen molar-refractivity contribution in [3.05, 3.63) is 55.1 Å². The maximum atomic E-state index is 14.6. The predicted molar refractivity (Wildman–Crippen MR) is 151 cm³/mol. The molecule has 0 aliphatic carbocycles. The maximum Gasteiger partial charge on any atom is 0.312 e. The molecule has 3 aliphatic heterocycles. The Morgan fingerprint density at radius 2 is 2.00 bits per heavy atom. The molecule has 3 aliphatic rings. The maximum absolute atomic E-state index is 14.6. The van der Waals surface area contributed by atoms with Crippen LogP contribution in [-0.4, -0.2) is 76.7 Å². The Bertz CT molecular complexity index is 1270. The van der Waals surface area contributed by atoms with Crippen LogP contribution in [0.2, 0.25) is 0 Å². The Labute approximate surface area is 237 Å². The largest absolute Gasteiger partial charge is 0.466 e. The summed E-state index contributed by atoms with van der Waals surface area (Å²) in [7, 11) is 0. The Morgan fingerprint density at radius 1 is 1.23 bits per heavy atom. The molecular formula is C30H35BrN2O6. The lowest BCUT2D eigenvalue weighted by molar-refractivity contribution is -0.154. The van der Waals surface area contributed by atoms with Crippen LogP contribution in [0.5, 0.6) is 0 Å². The second-order valence-corrected chi connectivity index (χ2v) is 11.7. The van der Waals surface area contributed by atoms with E-state index in [1.54, 1.807) is 22.8 Å². The molecule has 8 nitrogen and oxygen atoms in total. The zero-order chi connectivity index (χ0) is 27.7. The summed E-state index contributed by atoms with van der Waals surface area (Å²) in [5, 5.41) is 11.3. The smallest absolute Gasteiger partial charge is 0.312 e. The topological polar surface area (TPSA) is 96.4 Å². The van der Waals surface area contributed by atoms with Crippen LogP contribution in [0.25, 0.3) is 10.8 Å². The van der Waals surface area contributed by atoms with Crippen molar-refractivity contribution in [1.82, 2.24) is 4.90 Å². The number of aliphatic hydroxyl groups excluding tert-OH is 1. The minimum absolute atomic E-state index is 0.0684. The molecule has 1 N–H and O–H groups in total. The van der Waals surface area contributed by atoms with E-state index < -0.39 is 35.6 Å². The molecule has 0 aromatic heterocycles. The number of hydrogen-bond acceptors (Lipinski definition) is 6. The number of nitrogens with zero attached hydrogens (tertiary/aromatic N) is 2. The number of hydrogen-bond donors (Lipinski definition) is 1. The van der Waals surface area contributed by atoms with Crippen molar-refractivity contribution in [1.29, 1.82) is 0 Å². The Morgan fingerprint density at radius 3 is 2.72 bits per heavy atom. The number of alkyl halides is 1. The normalized spacial score (nSPS) is 29.1. The number of fused-ring (bicyclic) bond motifs is 2. The van der Waals surface area contributed by atoms with Crippen LogP contribution in [-0.2, 0) is 23.9 Å². The minimum Gasteiger partial charge on any atom is -0.466 e. The molecule has 9 heteroatoms. The molecule has 0 saturated carbocycles. The van der Waals surface area contributed by atoms with E-state index in [9.17, 15) is 19.5 Å². The summed E-state index contributed by atoms with van der Waals surface area (Å²) in [6, 6.07) is 12.9. The molecule has 2 aromatic carbocycles. The summed E-state index contributed by atoms with van der Waals surface area (Å²) < 4.78 is 11.9. The van der Waals surface area contributed by atoms with Crippen molar-refractivity contribution in [3.63, 3.8) is 0 Å². The Kier molecular flexibility index (Phi) is 8.12. The number of amides is 2. The first-order valence-corrected chi connectivity index (χ1v) is 14.6. The van der Waals surface area contributed by atoms with E-state index in [0.717, 1.165) is 10.8 Å². The van der Waals surface area contributed by atoms with Crippen molar-refractivity contribution >= 4 is 50.2 Å². The van der Waals surface area contributed by atoms with E-state index in [2.05, 4.69) is 22.5 Å². The zero-order valence-electron chi connectivity index (χ0n) is 22.1. The van der Waals surface area contributed by atoms with Crippen molar-refractivity contribution in [2.75, 3.05) is 31.2 Å². The zero-order valence-corrected chi connectivity index (χ0v) is 23.7. The number of anilines is 1. The number of benzene rings is 2. The first kappa shape index (κ1) is 27.8. The molecule has 2 amide bonds. The Balaban J connectivity index is 1.56. The average Bonchev–Trinajstić information content (AvgIpc) is 3.52. The number of aliphatic hydroxyl groups is 1.